The first-order valence-corrected chi connectivity index (χ1v) is 28.8. The smallest absolute Gasteiger partial charge is 0.462 e. The summed E-state index contributed by atoms with van der Waals surface area (Å²) in [4.78, 5) is 54.4. The fraction of sp³-hybridized carbons (Fsp3) is 0.692. The number of esters is 2. The van der Waals surface area contributed by atoms with E-state index < -0.39 is 89.6 Å². The Morgan fingerprint density at radius 3 is 1.49 bits per heavy atom. The van der Waals surface area contributed by atoms with E-state index in [1.807, 2.05) is 48.6 Å². The zero-order valence-corrected chi connectivity index (χ0v) is 44.0. The van der Waals surface area contributed by atoms with Crippen LogP contribution in [0.4, 0.5) is 0 Å². The predicted octanol–water partition coefficient (Wildman–Crippen LogP) is 9.54. The molecule has 0 radical (unpaired) electrons. The molecule has 0 aliphatic heterocycles. The number of carbonyl (C=O) groups is 2. The van der Waals surface area contributed by atoms with Crippen molar-refractivity contribution in [2.45, 2.75) is 217 Å². The van der Waals surface area contributed by atoms with Crippen LogP contribution in [0.5, 0.6) is 0 Å². The highest BCUT2D eigenvalue weighted by atomic mass is 31.2. The molecular weight excluding hydrogens is 959 g/mol. The van der Waals surface area contributed by atoms with Crippen LogP contribution in [0.15, 0.2) is 85.1 Å². The summed E-state index contributed by atoms with van der Waals surface area (Å²) in [5, 5.41) is 51.2. The van der Waals surface area contributed by atoms with Crippen molar-refractivity contribution < 1.29 is 82.0 Å². The first-order chi connectivity index (χ1) is 34.0. The van der Waals surface area contributed by atoms with Gasteiger partial charge in [-0.3, -0.25) is 23.2 Å². The second kappa shape index (κ2) is 41.5. The molecule has 0 aromatic carbocycles. The molecule has 1 aliphatic rings. The molecule has 1 aliphatic carbocycles. The Kier molecular flexibility index (Phi) is 38.7. The van der Waals surface area contributed by atoms with Gasteiger partial charge in [0.15, 0.2) is 6.10 Å². The summed E-state index contributed by atoms with van der Waals surface area (Å²) in [6, 6.07) is 0. The summed E-state index contributed by atoms with van der Waals surface area (Å²) in [6.07, 6.45) is 34.3. The molecule has 19 heteroatoms. The molecular formula is C52H88O17P2. The van der Waals surface area contributed by atoms with E-state index in [-0.39, 0.29) is 12.8 Å². The van der Waals surface area contributed by atoms with Crippen LogP contribution in [0.25, 0.3) is 0 Å². The summed E-state index contributed by atoms with van der Waals surface area (Å²) < 4.78 is 49.4. The molecule has 1 fully saturated rings. The molecule has 1 saturated carbocycles. The largest absolute Gasteiger partial charge is 0.472 e. The third-order valence-corrected chi connectivity index (χ3v) is 12.8. The zero-order valence-electron chi connectivity index (χ0n) is 42.2. The van der Waals surface area contributed by atoms with E-state index in [9.17, 15) is 58.9 Å². The fourth-order valence-corrected chi connectivity index (χ4v) is 8.76. The predicted molar refractivity (Wildman–Crippen MR) is 275 cm³/mol. The van der Waals surface area contributed by atoms with Crippen molar-refractivity contribution in [1.82, 2.24) is 0 Å². The van der Waals surface area contributed by atoms with Crippen molar-refractivity contribution in [3.05, 3.63) is 85.1 Å². The van der Waals surface area contributed by atoms with Crippen LogP contribution in [-0.2, 0) is 41.8 Å². The van der Waals surface area contributed by atoms with Gasteiger partial charge in [-0.25, -0.2) is 9.13 Å². The van der Waals surface area contributed by atoms with Gasteiger partial charge in [-0.2, -0.15) is 0 Å². The number of unbranched alkanes of at least 4 members (excludes halogenated alkanes) is 12. The van der Waals surface area contributed by atoms with Crippen molar-refractivity contribution in [1.29, 1.82) is 0 Å². The third kappa shape index (κ3) is 35.9. The monoisotopic (exact) mass is 1050 g/mol. The second-order valence-electron chi connectivity index (χ2n) is 17.7. The van der Waals surface area contributed by atoms with Crippen LogP contribution in [-0.4, -0.2) is 114 Å². The number of hydrogen-bond acceptors (Lipinski definition) is 14. The molecule has 0 heterocycles. The molecule has 8 N–H and O–H groups in total. The minimum absolute atomic E-state index is 0.0561. The van der Waals surface area contributed by atoms with Crippen LogP contribution >= 0.6 is 15.6 Å². The number of ether oxygens (including phenoxy) is 2. The van der Waals surface area contributed by atoms with Crippen LogP contribution in [0.1, 0.15) is 168 Å². The number of phosphoric acid groups is 2. The number of aliphatic hydroxyl groups excluding tert-OH is 5. The maximum Gasteiger partial charge on any atom is 0.472 e. The highest BCUT2D eigenvalue weighted by molar-refractivity contribution is 7.47. The zero-order chi connectivity index (χ0) is 52.6. The first kappa shape index (κ1) is 66.2. The summed E-state index contributed by atoms with van der Waals surface area (Å²) in [5.41, 5.74) is 0. The summed E-state index contributed by atoms with van der Waals surface area (Å²) in [6.45, 7) is 2.89. The van der Waals surface area contributed by atoms with Gasteiger partial charge < -0.3 is 49.7 Å². The summed E-state index contributed by atoms with van der Waals surface area (Å²) in [5.74, 6) is -1.31. The van der Waals surface area contributed by atoms with Gasteiger partial charge in [-0.1, -0.05) is 157 Å². The Balaban J connectivity index is 2.61. The highest BCUT2D eigenvalue weighted by Gasteiger charge is 2.54. The summed E-state index contributed by atoms with van der Waals surface area (Å²) in [7, 11) is -10.7. The van der Waals surface area contributed by atoms with E-state index in [0.29, 0.717) is 25.7 Å². The van der Waals surface area contributed by atoms with Gasteiger partial charge in [0.1, 0.15) is 43.2 Å². The highest BCUT2D eigenvalue weighted by Crippen LogP contribution is 2.49. The number of rotatable bonds is 42. The molecule has 71 heavy (non-hydrogen) atoms. The Labute approximate surface area is 423 Å². The van der Waals surface area contributed by atoms with Crippen LogP contribution < -0.4 is 0 Å². The van der Waals surface area contributed by atoms with Crippen molar-refractivity contribution in [3.63, 3.8) is 0 Å². The molecule has 0 bridgehead atoms. The van der Waals surface area contributed by atoms with Crippen molar-refractivity contribution >= 4 is 27.6 Å². The Bertz CT molecular complexity index is 1710. The first-order valence-electron chi connectivity index (χ1n) is 25.7. The van der Waals surface area contributed by atoms with Crippen LogP contribution in [0, 0.1) is 0 Å². The average molecular weight is 1050 g/mol. The lowest BCUT2D eigenvalue weighted by Gasteiger charge is -2.43. The number of allylic oxidation sites excluding steroid dienone is 13. The van der Waals surface area contributed by atoms with Crippen molar-refractivity contribution in [2.75, 3.05) is 13.2 Å². The minimum atomic E-state index is -5.38. The fourth-order valence-electron chi connectivity index (χ4n) is 7.22. The number of phosphoric ester groups is 2. The molecule has 17 nitrogen and oxygen atoms in total. The molecule has 9 atom stereocenters. The molecule has 5 unspecified atom stereocenters. The minimum Gasteiger partial charge on any atom is -0.462 e. The lowest BCUT2D eigenvalue weighted by molar-refractivity contribution is -0.216. The molecule has 0 aromatic rings. The molecule has 0 amide bonds. The lowest BCUT2D eigenvalue weighted by Crippen LogP contribution is -2.64. The van der Waals surface area contributed by atoms with Crippen molar-refractivity contribution in [3.8, 4) is 0 Å². The Hall–Kier alpha value is -2.86. The van der Waals surface area contributed by atoms with Gasteiger partial charge in [0.05, 0.1) is 12.7 Å². The lowest BCUT2D eigenvalue weighted by atomic mass is 9.85. The number of hydrogen-bond donors (Lipinski definition) is 8. The molecule has 0 spiro atoms. The van der Waals surface area contributed by atoms with E-state index >= 15 is 0 Å². The molecule has 1 rings (SSSR count). The third-order valence-electron chi connectivity index (χ3n) is 11.3. The van der Waals surface area contributed by atoms with Crippen molar-refractivity contribution in [2.24, 2.45) is 0 Å². The van der Waals surface area contributed by atoms with Crippen LogP contribution in [0.2, 0.25) is 0 Å². The van der Waals surface area contributed by atoms with E-state index in [2.05, 4.69) is 54.8 Å². The van der Waals surface area contributed by atoms with Gasteiger partial charge in [0, 0.05) is 12.8 Å². The topological polar surface area (TPSA) is 276 Å². The van der Waals surface area contributed by atoms with E-state index in [4.69, 9.17) is 18.5 Å². The average Bonchev–Trinajstić information content (AvgIpc) is 3.32. The standard InChI is InChI=1S/C52H88O17P2/c1-3-5-7-8-9-10-11-12-13-14-15-16-17-18-19-23-26-29-32-35-39-45(54)65-41-44(42-66-71(63,64)69-52-49(58)47(56)48(57)51(50(52)59)68-70(60,61)62)67-46(55)40-36-33-30-27-24-21-20-22-25-28-31-34-38-43(53)37-6-4-2/h10-11,13-14,16-17,20-21,25,27-28,30,34,38,43-44,47-53,56-59H,3-9,12,15,18-19,22-24,26,29,31-33,35-37,39-42H2,1-2H3,(H,63,64)(H2,60,61,62)/b11-10-,14-13-,17-16-,21-20-,28-25-,30-27-,38-34-/t43-,44-,47?,48?,49?,50?,51-,52+/m1/s1. The van der Waals surface area contributed by atoms with E-state index in [1.165, 1.54) is 25.7 Å². The van der Waals surface area contributed by atoms with Gasteiger partial charge in [0.2, 0.25) is 0 Å². The van der Waals surface area contributed by atoms with Gasteiger partial charge in [0.25, 0.3) is 0 Å². The molecule has 0 aromatic heterocycles. The molecule has 408 valence electrons. The van der Waals surface area contributed by atoms with Gasteiger partial charge in [-0.15, -0.1) is 0 Å². The van der Waals surface area contributed by atoms with E-state index in [1.54, 1.807) is 0 Å². The maximum atomic E-state index is 13.0. The molecule has 0 saturated heterocycles. The van der Waals surface area contributed by atoms with Gasteiger partial charge in [-0.05, 0) is 83.5 Å². The summed E-state index contributed by atoms with van der Waals surface area (Å²) >= 11 is 0. The Morgan fingerprint density at radius 1 is 0.507 bits per heavy atom. The van der Waals surface area contributed by atoms with Crippen LogP contribution in [0.3, 0.4) is 0 Å². The maximum absolute atomic E-state index is 13.0. The quantitative estimate of drug-likeness (QED) is 0.0122. The normalized spacial score (nSPS) is 22.0. The van der Waals surface area contributed by atoms with Gasteiger partial charge >= 0.3 is 27.6 Å². The second-order valence-corrected chi connectivity index (χ2v) is 20.3. The Morgan fingerprint density at radius 2 is 0.958 bits per heavy atom. The number of carbonyl (C=O) groups excluding carboxylic acids is 2. The van der Waals surface area contributed by atoms with E-state index in [0.717, 1.165) is 89.9 Å². The SMILES string of the molecule is CCCCCC/C=C\C/C=C\C/C=C\CCCCCCCCC(=O)OC[C@H](COP(=O)(O)O[C@H]1C(O)C(O)C(O)[C@@H](OP(=O)(O)O)C1O)OC(=O)CCC/C=C\C/C=C\C/C=C\C/C=C\[C@H](O)CCCC. The number of aliphatic hydroxyl groups is 5.